The molecule has 2 aromatic rings. The van der Waals surface area contributed by atoms with Crippen molar-refractivity contribution in [2.75, 3.05) is 0 Å². The monoisotopic (exact) mass is 272 g/mol. The lowest BCUT2D eigenvalue weighted by molar-refractivity contribution is -0.190. The summed E-state index contributed by atoms with van der Waals surface area (Å²) in [6.07, 6.45) is -0.250. The maximum absolute atomic E-state index is 12.0. The molecule has 0 radical (unpaired) electrons. The second-order valence-corrected chi connectivity index (χ2v) is 5.34. The van der Waals surface area contributed by atoms with E-state index in [4.69, 9.17) is 16.3 Å². The number of hydrogen-bond donors (Lipinski definition) is 0. The third-order valence-electron chi connectivity index (χ3n) is 3.72. The Morgan fingerprint density at radius 2 is 1.68 bits per heavy atom. The summed E-state index contributed by atoms with van der Waals surface area (Å²) >= 11 is 5.89. The van der Waals surface area contributed by atoms with Crippen molar-refractivity contribution in [3.05, 3.63) is 70.7 Å². The van der Waals surface area contributed by atoms with Gasteiger partial charge in [-0.1, -0.05) is 54.1 Å². The molecule has 0 saturated carbocycles. The Kier molecular flexibility index (Phi) is 2.83. The second kappa shape index (κ2) is 4.39. The summed E-state index contributed by atoms with van der Waals surface area (Å²) in [7, 11) is 0. The first-order valence-corrected chi connectivity index (χ1v) is 6.52. The molecule has 3 rings (SSSR count). The molecule has 1 aliphatic rings. The SMILES string of the molecule is C[C@]1(c2ccccc2)C(=O)O[C@@H]1c1ccc(Cl)cc1. The van der Waals surface area contributed by atoms with Gasteiger partial charge in [-0.05, 0) is 30.2 Å². The zero-order valence-corrected chi connectivity index (χ0v) is 11.2. The average Bonchev–Trinajstić information content (AvgIpc) is 2.46. The molecule has 1 saturated heterocycles. The molecular weight excluding hydrogens is 260 g/mol. The first-order chi connectivity index (χ1) is 9.12. The number of rotatable bonds is 2. The van der Waals surface area contributed by atoms with Gasteiger partial charge in [0.1, 0.15) is 11.5 Å². The van der Waals surface area contributed by atoms with Gasteiger partial charge in [0.05, 0.1) is 0 Å². The highest BCUT2D eigenvalue weighted by Gasteiger charge is 2.56. The molecule has 2 atom stereocenters. The molecule has 1 aliphatic heterocycles. The van der Waals surface area contributed by atoms with Gasteiger partial charge in [-0.2, -0.15) is 0 Å². The number of esters is 1. The first-order valence-electron chi connectivity index (χ1n) is 6.14. The highest BCUT2D eigenvalue weighted by Crippen LogP contribution is 2.49. The predicted molar refractivity (Wildman–Crippen MR) is 74.1 cm³/mol. The summed E-state index contributed by atoms with van der Waals surface area (Å²) in [4.78, 5) is 12.0. The molecule has 19 heavy (non-hydrogen) atoms. The molecule has 1 heterocycles. The molecule has 0 unspecified atom stereocenters. The minimum atomic E-state index is -0.616. The Balaban J connectivity index is 2.00. The lowest BCUT2D eigenvalue weighted by Gasteiger charge is -2.45. The smallest absolute Gasteiger partial charge is 0.321 e. The van der Waals surface area contributed by atoms with Crippen LogP contribution in [0.25, 0.3) is 0 Å². The van der Waals surface area contributed by atoms with Crippen LogP contribution in [0.1, 0.15) is 24.2 Å². The third-order valence-corrected chi connectivity index (χ3v) is 3.97. The maximum atomic E-state index is 12.0. The molecule has 0 N–H and O–H groups in total. The van der Waals surface area contributed by atoms with E-state index in [2.05, 4.69) is 0 Å². The molecule has 96 valence electrons. The molecule has 3 heteroatoms. The molecule has 1 fully saturated rings. The lowest BCUT2D eigenvalue weighted by Crippen LogP contribution is -2.52. The van der Waals surface area contributed by atoms with Crippen LogP contribution in [0.5, 0.6) is 0 Å². The van der Waals surface area contributed by atoms with Crippen LogP contribution >= 0.6 is 11.6 Å². The molecule has 2 aromatic carbocycles. The van der Waals surface area contributed by atoms with Crippen LogP contribution in [0.2, 0.25) is 5.02 Å². The van der Waals surface area contributed by atoms with E-state index in [0.717, 1.165) is 11.1 Å². The predicted octanol–water partition coefficient (Wildman–Crippen LogP) is 3.90. The Hall–Kier alpha value is -1.80. The van der Waals surface area contributed by atoms with Crippen LogP contribution < -0.4 is 0 Å². The van der Waals surface area contributed by atoms with E-state index in [9.17, 15) is 4.79 Å². The number of halogens is 1. The zero-order valence-electron chi connectivity index (χ0n) is 10.5. The summed E-state index contributed by atoms with van der Waals surface area (Å²) in [6, 6.07) is 17.2. The molecule has 0 spiro atoms. The Morgan fingerprint density at radius 3 is 2.26 bits per heavy atom. The lowest BCUT2D eigenvalue weighted by atomic mass is 9.71. The van der Waals surface area contributed by atoms with E-state index in [1.54, 1.807) is 0 Å². The fourth-order valence-corrected chi connectivity index (χ4v) is 2.61. The largest absolute Gasteiger partial charge is 0.455 e. The van der Waals surface area contributed by atoms with E-state index in [1.165, 1.54) is 0 Å². The van der Waals surface area contributed by atoms with Crippen molar-refractivity contribution in [1.82, 2.24) is 0 Å². The third kappa shape index (κ3) is 1.83. The summed E-state index contributed by atoms with van der Waals surface area (Å²) in [6.45, 7) is 1.92. The van der Waals surface area contributed by atoms with Crippen LogP contribution in [0.15, 0.2) is 54.6 Å². The van der Waals surface area contributed by atoms with Crippen molar-refractivity contribution in [3.8, 4) is 0 Å². The van der Waals surface area contributed by atoms with Crippen molar-refractivity contribution < 1.29 is 9.53 Å². The highest BCUT2D eigenvalue weighted by atomic mass is 35.5. The molecule has 0 amide bonds. The minimum absolute atomic E-state index is 0.182. The van der Waals surface area contributed by atoms with E-state index < -0.39 is 5.41 Å². The van der Waals surface area contributed by atoms with E-state index >= 15 is 0 Å². The Morgan fingerprint density at radius 1 is 1.05 bits per heavy atom. The Bertz CT molecular complexity index is 606. The van der Waals surface area contributed by atoms with E-state index in [1.807, 2.05) is 61.5 Å². The minimum Gasteiger partial charge on any atom is -0.455 e. The van der Waals surface area contributed by atoms with Crippen LogP contribution in [0, 0.1) is 0 Å². The van der Waals surface area contributed by atoms with Crippen molar-refractivity contribution in [3.63, 3.8) is 0 Å². The van der Waals surface area contributed by atoms with Gasteiger partial charge in [0, 0.05) is 5.02 Å². The summed E-state index contributed by atoms with van der Waals surface area (Å²) < 4.78 is 5.35. The fourth-order valence-electron chi connectivity index (χ4n) is 2.49. The Labute approximate surface area is 117 Å². The van der Waals surface area contributed by atoms with Crippen molar-refractivity contribution >= 4 is 17.6 Å². The van der Waals surface area contributed by atoms with Gasteiger partial charge in [0.25, 0.3) is 0 Å². The van der Waals surface area contributed by atoms with Crippen LogP contribution in [-0.2, 0) is 14.9 Å². The van der Waals surface area contributed by atoms with Crippen LogP contribution in [0.3, 0.4) is 0 Å². The van der Waals surface area contributed by atoms with Gasteiger partial charge >= 0.3 is 5.97 Å². The highest BCUT2D eigenvalue weighted by molar-refractivity contribution is 6.30. The van der Waals surface area contributed by atoms with Crippen LogP contribution in [-0.4, -0.2) is 5.97 Å². The molecule has 0 aliphatic carbocycles. The number of hydrogen-bond acceptors (Lipinski definition) is 2. The van der Waals surface area contributed by atoms with Crippen LogP contribution in [0.4, 0.5) is 0 Å². The van der Waals surface area contributed by atoms with E-state index in [0.29, 0.717) is 5.02 Å². The van der Waals surface area contributed by atoms with E-state index in [-0.39, 0.29) is 12.1 Å². The van der Waals surface area contributed by atoms with Gasteiger partial charge in [-0.3, -0.25) is 4.79 Å². The standard InChI is InChI=1S/C16H13ClO2/c1-16(12-5-3-2-4-6-12)14(19-15(16)18)11-7-9-13(17)10-8-11/h2-10,14H,1H3/t14-,16-/m1/s1. The van der Waals surface area contributed by atoms with Gasteiger partial charge in [-0.15, -0.1) is 0 Å². The van der Waals surface area contributed by atoms with Gasteiger partial charge < -0.3 is 4.74 Å². The second-order valence-electron chi connectivity index (χ2n) is 4.91. The quantitative estimate of drug-likeness (QED) is 0.775. The number of benzene rings is 2. The number of carbonyl (C=O) groups excluding carboxylic acids is 1. The van der Waals surface area contributed by atoms with Crippen molar-refractivity contribution in [2.45, 2.75) is 18.4 Å². The molecule has 0 bridgehead atoms. The number of carbonyl (C=O) groups is 1. The number of cyclic esters (lactones) is 1. The maximum Gasteiger partial charge on any atom is 0.321 e. The molecule has 0 aromatic heterocycles. The van der Waals surface area contributed by atoms with Gasteiger partial charge in [0.15, 0.2) is 0 Å². The average molecular weight is 273 g/mol. The summed E-state index contributed by atoms with van der Waals surface area (Å²) in [5.74, 6) is -0.182. The fraction of sp³-hybridized carbons (Fsp3) is 0.188. The first kappa shape index (κ1) is 12.2. The van der Waals surface area contributed by atoms with Gasteiger partial charge in [0.2, 0.25) is 0 Å². The zero-order chi connectivity index (χ0) is 13.5. The van der Waals surface area contributed by atoms with Crippen molar-refractivity contribution in [1.29, 1.82) is 0 Å². The molecule has 2 nitrogen and oxygen atoms in total. The summed E-state index contributed by atoms with van der Waals surface area (Å²) in [5.41, 5.74) is 1.33. The van der Waals surface area contributed by atoms with Gasteiger partial charge in [-0.25, -0.2) is 0 Å². The van der Waals surface area contributed by atoms with Crippen molar-refractivity contribution in [2.24, 2.45) is 0 Å². The number of ether oxygens (including phenoxy) is 1. The normalized spacial score (nSPS) is 25.6. The topological polar surface area (TPSA) is 26.3 Å². The molecular formula is C16H13ClO2. The summed E-state index contributed by atoms with van der Waals surface area (Å²) in [5, 5.41) is 0.677.